The molecule has 0 saturated carbocycles. The molecule has 0 heterocycles. The number of hydrogen-bond donors (Lipinski definition) is 0. The maximum Gasteiger partial charge on any atom is -0.0119 e. The van der Waals surface area contributed by atoms with E-state index in [0.29, 0.717) is 0 Å². The minimum absolute atomic E-state index is 1.19. The number of hydrogen-bond acceptors (Lipinski definition) is 0. The molecule has 0 nitrogen and oxygen atoms in total. The Balaban J connectivity index is 1.64. The van der Waals surface area contributed by atoms with E-state index in [1.54, 1.807) is 0 Å². The van der Waals surface area contributed by atoms with Gasteiger partial charge in [-0.25, -0.2) is 0 Å². The van der Waals surface area contributed by atoms with E-state index in [1.165, 1.54) is 80.6 Å². The van der Waals surface area contributed by atoms with Gasteiger partial charge in [-0.3, -0.25) is 0 Å². The average molecular weight is 306 g/mol. The molecule has 0 atom stereocenters. The number of benzene rings is 4. The van der Waals surface area contributed by atoms with Gasteiger partial charge in [0.2, 0.25) is 0 Å². The highest BCUT2D eigenvalue weighted by atomic mass is 14.2. The van der Waals surface area contributed by atoms with Crippen molar-refractivity contribution in [2.24, 2.45) is 0 Å². The first-order valence-corrected chi connectivity index (χ1v) is 8.96. The quantitative estimate of drug-likeness (QED) is 0.413. The molecule has 4 aromatic carbocycles. The van der Waals surface area contributed by atoms with Crippen molar-refractivity contribution in [3.63, 3.8) is 0 Å². The molecule has 0 bridgehead atoms. The zero-order valence-corrected chi connectivity index (χ0v) is 13.6. The Bertz CT molecular complexity index is 1050. The van der Waals surface area contributed by atoms with Crippen LogP contribution in [0, 0.1) is 0 Å². The summed E-state index contributed by atoms with van der Waals surface area (Å²) in [7, 11) is 0. The van der Waals surface area contributed by atoms with Crippen LogP contribution in [0.3, 0.4) is 0 Å². The maximum atomic E-state index is 2.44. The first-order chi connectivity index (χ1) is 11.9. The Morgan fingerprint density at radius 3 is 1.42 bits per heavy atom. The van der Waals surface area contributed by atoms with Crippen LogP contribution in [0.4, 0.5) is 0 Å². The topological polar surface area (TPSA) is 0 Å². The van der Waals surface area contributed by atoms with Crippen molar-refractivity contribution >= 4 is 21.5 Å². The molecule has 4 aromatic rings. The zero-order valence-electron chi connectivity index (χ0n) is 13.6. The summed E-state index contributed by atoms with van der Waals surface area (Å²) >= 11 is 0. The molecule has 2 aliphatic rings. The Morgan fingerprint density at radius 2 is 0.917 bits per heavy atom. The molecule has 0 amide bonds. The molecule has 0 fully saturated rings. The molecule has 2 aliphatic carbocycles. The van der Waals surface area contributed by atoms with Gasteiger partial charge in [-0.05, 0) is 92.7 Å². The minimum Gasteiger partial charge on any atom is -0.0614 e. The molecule has 0 radical (unpaired) electrons. The summed E-state index contributed by atoms with van der Waals surface area (Å²) in [6, 6.07) is 23.2. The van der Waals surface area contributed by atoms with E-state index < -0.39 is 0 Å². The van der Waals surface area contributed by atoms with E-state index in [1.807, 2.05) is 0 Å². The van der Waals surface area contributed by atoms with Gasteiger partial charge < -0.3 is 0 Å². The third kappa shape index (κ3) is 1.63. The Hall–Kier alpha value is -2.60. The van der Waals surface area contributed by atoms with Gasteiger partial charge in [0.15, 0.2) is 0 Å². The Morgan fingerprint density at radius 1 is 0.458 bits per heavy atom. The van der Waals surface area contributed by atoms with Gasteiger partial charge in [0.25, 0.3) is 0 Å². The zero-order chi connectivity index (χ0) is 15.7. The van der Waals surface area contributed by atoms with Gasteiger partial charge in [0, 0.05) is 0 Å². The van der Waals surface area contributed by atoms with Crippen LogP contribution in [0.5, 0.6) is 0 Å². The van der Waals surface area contributed by atoms with Crippen molar-refractivity contribution in [3.05, 3.63) is 82.9 Å². The van der Waals surface area contributed by atoms with Crippen molar-refractivity contribution in [2.75, 3.05) is 0 Å². The predicted molar refractivity (Wildman–Crippen MR) is 102 cm³/mol. The van der Waals surface area contributed by atoms with Gasteiger partial charge >= 0.3 is 0 Å². The molecule has 0 saturated heterocycles. The molecule has 0 unspecified atom stereocenters. The smallest absolute Gasteiger partial charge is 0.0119 e. The van der Waals surface area contributed by atoms with Crippen LogP contribution in [0.15, 0.2) is 60.7 Å². The van der Waals surface area contributed by atoms with Crippen LogP contribution in [0.1, 0.15) is 22.3 Å². The van der Waals surface area contributed by atoms with E-state index >= 15 is 0 Å². The second-order valence-electron chi connectivity index (χ2n) is 7.30. The maximum absolute atomic E-state index is 2.44. The fourth-order valence-corrected chi connectivity index (χ4v) is 4.88. The van der Waals surface area contributed by atoms with Gasteiger partial charge in [0.1, 0.15) is 0 Å². The van der Waals surface area contributed by atoms with Crippen molar-refractivity contribution in [3.8, 4) is 11.1 Å². The van der Waals surface area contributed by atoms with E-state index in [4.69, 9.17) is 0 Å². The second-order valence-corrected chi connectivity index (χ2v) is 7.30. The second kappa shape index (κ2) is 4.48. The molecule has 0 aromatic heterocycles. The highest BCUT2D eigenvalue weighted by molar-refractivity contribution is 5.98. The van der Waals surface area contributed by atoms with E-state index in [-0.39, 0.29) is 0 Å². The monoisotopic (exact) mass is 306 g/mol. The summed E-state index contributed by atoms with van der Waals surface area (Å²) in [6.45, 7) is 0. The van der Waals surface area contributed by atoms with Gasteiger partial charge in [-0.2, -0.15) is 0 Å². The van der Waals surface area contributed by atoms with Gasteiger partial charge in [-0.15, -0.1) is 0 Å². The lowest BCUT2D eigenvalue weighted by atomic mass is 9.94. The average Bonchev–Trinajstić information content (AvgIpc) is 3.22. The summed E-state index contributed by atoms with van der Waals surface area (Å²) in [6.07, 6.45) is 4.77. The SMILES string of the molecule is c1cc2c3c(cc(-c4cc5c6c(cccc6c4)CC5)cc3c1)CC2. The highest BCUT2D eigenvalue weighted by Crippen LogP contribution is 2.38. The summed E-state index contributed by atoms with van der Waals surface area (Å²) in [5.74, 6) is 0. The van der Waals surface area contributed by atoms with Crippen LogP contribution in [0.25, 0.3) is 32.7 Å². The molecule has 0 aliphatic heterocycles. The molecule has 0 N–H and O–H groups in total. The van der Waals surface area contributed by atoms with Crippen LogP contribution in [0.2, 0.25) is 0 Å². The molecule has 0 heteroatoms. The lowest BCUT2D eigenvalue weighted by Gasteiger charge is -2.10. The van der Waals surface area contributed by atoms with Crippen LogP contribution >= 0.6 is 0 Å². The molecule has 6 rings (SSSR count). The summed E-state index contributed by atoms with van der Waals surface area (Å²) in [5, 5.41) is 5.83. The predicted octanol–water partition coefficient (Wildman–Crippen LogP) is 5.86. The lowest BCUT2D eigenvalue weighted by molar-refractivity contribution is 1.02. The van der Waals surface area contributed by atoms with E-state index in [9.17, 15) is 0 Å². The highest BCUT2D eigenvalue weighted by Gasteiger charge is 2.18. The molecular weight excluding hydrogens is 288 g/mol. The van der Waals surface area contributed by atoms with Crippen molar-refractivity contribution in [2.45, 2.75) is 25.7 Å². The molecule has 114 valence electrons. The van der Waals surface area contributed by atoms with E-state index in [2.05, 4.69) is 60.7 Å². The fourth-order valence-electron chi connectivity index (χ4n) is 4.88. The standard InChI is InChI=1S/C24H18/c1-3-15-7-9-19-13-21(11-17(5-1)23(15)19)22-12-18-6-2-4-16-8-10-20(14-22)24(16)18/h1-6,11-14H,7-10H2. The third-order valence-corrected chi connectivity index (χ3v) is 5.95. The normalized spacial score (nSPS) is 14.8. The molecule has 24 heavy (non-hydrogen) atoms. The van der Waals surface area contributed by atoms with Crippen molar-refractivity contribution in [1.82, 2.24) is 0 Å². The Labute approximate surface area is 141 Å². The summed E-state index contributed by atoms with van der Waals surface area (Å²) < 4.78 is 0. The minimum atomic E-state index is 1.19. The first kappa shape index (κ1) is 12.8. The first-order valence-electron chi connectivity index (χ1n) is 8.96. The fraction of sp³-hybridized carbons (Fsp3) is 0.167. The van der Waals surface area contributed by atoms with Gasteiger partial charge in [0.05, 0.1) is 0 Å². The third-order valence-electron chi connectivity index (χ3n) is 5.95. The van der Waals surface area contributed by atoms with Crippen LogP contribution in [-0.4, -0.2) is 0 Å². The van der Waals surface area contributed by atoms with Crippen LogP contribution in [-0.2, 0) is 25.7 Å². The lowest BCUT2D eigenvalue weighted by Crippen LogP contribution is -1.87. The van der Waals surface area contributed by atoms with E-state index in [0.717, 1.165) is 0 Å². The summed E-state index contributed by atoms with van der Waals surface area (Å²) in [4.78, 5) is 0. The Kier molecular flexibility index (Phi) is 2.38. The molecule has 0 spiro atoms. The van der Waals surface area contributed by atoms with Gasteiger partial charge in [-0.1, -0.05) is 48.5 Å². The largest absolute Gasteiger partial charge is 0.0614 e. The van der Waals surface area contributed by atoms with Crippen molar-refractivity contribution in [1.29, 1.82) is 0 Å². The van der Waals surface area contributed by atoms with Crippen LogP contribution < -0.4 is 0 Å². The van der Waals surface area contributed by atoms with Crippen molar-refractivity contribution < 1.29 is 0 Å². The number of rotatable bonds is 1. The molecular formula is C24H18. The number of aryl methyl sites for hydroxylation is 4. The summed E-state index contributed by atoms with van der Waals surface area (Å²) in [5.41, 5.74) is 8.87.